The fraction of sp³-hybridized carbons (Fsp3) is 1.00. The standard InChI is InChI=1S/C11H24N2O2S/c1-3-5-9-16(14,15)13(4-2)10-11-7-6-8-12-11/h11-12H,3-10H2,1-2H3. The fourth-order valence-electron chi connectivity index (χ4n) is 2.05. The zero-order chi connectivity index (χ0) is 12.0. The average Bonchev–Trinajstić information content (AvgIpc) is 2.75. The lowest BCUT2D eigenvalue weighted by atomic mass is 10.2. The van der Waals surface area contributed by atoms with Gasteiger partial charge in [0.1, 0.15) is 0 Å². The third kappa shape index (κ3) is 4.03. The maximum absolute atomic E-state index is 12.0. The van der Waals surface area contributed by atoms with Gasteiger partial charge < -0.3 is 5.32 Å². The summed E-state index contributed by atoms with van der Waals surface area (Å²) >= 11 is 0. The summed E-state index contributed by atoms with van der Waals surface area (Å²) in [7, 11) is -3.03. The molecule has 0 bridgehead atoms. The number of hydrogen-bond donors (Lipinski definition) is 1. The Kier molecular flexibility index (Phi) is 5.72. The maximum atomic E-state index is 12.0. The van der Waals surface area contributed by atoms with Crippen LogP contribution in [0.2, 0.25) is 0 Å². The second-order valence-electron chi connectivity index (χ2n) is 4.41. The Labute approximate surface area is 99.5 Å². The van der Waals surface area contributed by atoms with Crippen molar-refractivity contribution >= 4 is 10.0 Å². The number of hydrogen-bond acceptors (Lipinski definition) is 3. The van der Waals surface area contributed by atoms with Crippen molar-refractivity contribution < 1.29 is 8.42 Å². The predicted molar refractivity (Wildman–Crippen MR) is 67.0 cm³/mol. The van der Waals surface area contributed by atoms with Gasteiger partial charge in [-0.2, -0.15) is 0 Å². The first kappa shape index (κ1) is 13.9. The lowest BCUT2D eigenvalue weighted by Gasteiger charge is -2.23. The first-order valence-corrected chi connectivity index (χ1v) is 7.92. The van der Waals surface area contributed by atoms with Crippen molar-refractivity contribution in [3.05, 3.63) is 0 Å². The molecule has 0 aromatic rings. The van der Waals surface area contributed by atoms with Gasteiger partial charge in [0.05, 0.1) is 5.75 Å². The smallest absolute Gasteiger partial charge is 0.214 e. The molecule has 0 aromatic heterocycles. The quantitative estimate of drug-likeness (QED) is 0.736. The van der Waals surface area contributed by atoms with Gasteiger partial charge in [-0.1, -0.05) is 20.3 Å². The lowest BCUT2D eigenvalue weighted by Crippen LogP contribution is -2.41. The second-order valence-corrected chi connectivity index (χ2v) is 6.50. The molecule has 1 fully saturated rings. The third-order valence-electron chi connectivity index (χ3n) is 3.09. The van der Waals surface area contributed by atoms with Crippen molar-refractivity contribution in [3.63, 3.8) is 0 Å². The highest BCUT2D eigenvalue weighted by Crippen LogP contribution is 2.11. The molecule has 1 rings (SSSR count). The normalized spacial score (nSPS) is 21.8. The first-order chi connectivity index (χ1) is 7.60. The molecule has 16 heavy (non-hydrogen) atoms. The summed E-state index contributed by atoms with van der Waals surface area (Å²) in [5.41, 5.74) is 0. The molecule has 0 saturated carbocycles. The van der Waals surface area contributed by atoms with E-state index in [0.717, 1.165) is 32.2 Å². The highest BCUT2D eigenvalue weighted by molar-refractivity contribution is 7.89. The van der Waals surface area contributed by atoms with Gasteiger partial charge in [-0.3, -0.25) is 0 Å². The molecule has 1 heterocycles. The molecule has 0 radical (unpaired) electrons. The van der Waals surface area contributed by atoms with Crippen molar-refractivity contribution in [2.24, 2.45) is 0 Å². The number of nitrogens with zero attached hydrogens (tertiary/aromatic N) is 1. The molecular weight excluding hydrogens is 224 g/mol. The Morgan fingerprint density at radius 1 is 1.38 bits per heavy atom. The van der Waals surface area contributed by atoms with E-state index in [1.54, 1.807) is 4.31 Å². The minimum absolute atomic E-state index is 0.296. The highest BCUT2D eigenvalue weighted by Gasteiger charge is 2.24. The molecule has 0 aliphatic carbocycles. The van der Waals surface area contributed by atoms with Crippen LogP contribution in [0.4, 0.5) is 0 Å². The zero-order valence-corrected chi connectivity index (χ0v) is 11.2. The molecule has 0 spiro atoms. The van der Waals surface area contributed by atoms with E-state index in [1.165, 1.54) is 0 Å². The van der Waals surface area contributed by atoms with Crippen LogP contribution in [0, 0.1) is 0 Å². The molecule has 4 nitrogen and oxygen atoms in total. The summed E-state index contributed by atoms with van der Waals surface area (Å²) in [5, 5.41) is 3.34. The minimum Gasteiger partial charge on any atom is -0.313 e. The number of unbranched alkanes of at least 4 members (excludes halogenated alkanes) is 1. The maximum Gasteiger partial charge on any atom is 0.214 e. The van der Waals surface area contributed by atoms with Crippen LogP contribution in [-0.2, 0) is 10.0 Å². The van der Waals surface area contributed by atoms with Crippen LogP contribution >= 0.6 is 0 Å². The summed E-state index contributed by atoms with van der Waals surface area (Å²) in [5.74, 6) is 0.296. The van der Waals surface area contributed by atoms with E-state index in [1.807, 2.05) is 13.8 Å². The molecule has 96 valence electrons. The SMILES string of the molecule is CCCCS(=O)(=O)N(CC)CC1CCCN1. The van der Waals surface area contributed by atoms with E-state index >= 15 is 0 Å². The zero-order valence-electron chi connectivity index (χ0n) is 10.4. The average molecular weight is 248 g/mol. The largest absolute Gasteiger partial charge is 0.313 e. The molecule has 0 aromatic carbocycles. The molecule has 1 N–H and O–H groups in total. The lowest BCUT2D eigenvalue weighted by molar-refractivity contribution is 0.382. The monoisotopic (exact) mass is 248 g/mol. The summed E-state index contributed by atoms with van der Waals surface area (Å²) in [6, 6.07) is 0.358. The Hall–Kier alpha value is -0.130. The Balaban J connectivity index is 2.51. The van der Waals surface area contributed by atoms with Crippen LogP contribution in [0.3, 0.4) is 0 Å². The highest BCUT2D eigenvalue weighted by atomic mass is 32.2. The molecule has 1 aliphatic rings. The number of rotatable bonds is 7. The van der Waals surface area contributed by atoms with Crippen molar-refractivity contribution in [2.45, 2.75) is 45.6 Å². The van der Waals surface area contributed by atoms with Crippen LogP contribution < -0.4 is 5.32 Å². The minimum atomic E-state index is -3.03. The van der Waals surface area contributed by atoms with Crippen molar-refractivity contribution in [1.29, 1.82) is 0 Å². The van der Waals surface area contributed by atoms with Crippen LogP contribution in [0.25, 0.3) is 0 Å². The first-order valence-electron chi connectivity index (χ1n) is 6.31. The Morgan fingerprint density at radius 3 is 2.62 bits per heavy atom. The predicted octanol–water partition coefficient (Wildman–Crippen LogP) is 1.19. The van der Waals surface area contributed by atoms with Crippen molar-refractivity contribution in [2.75, 3.05) is 25.4 Å². The van der Waals surface area contributed by atoms with Crippen molar-refractivity contribution in [3.8, 4) is 0 Å². The van der Waals surface area contributed by atoms with E-state index in [0.29, 0.717) is 24.9 Å². The van der Waals surface area contributed by atoms with Crippen LogP contribution in [0.5, 0.6) is 0 Å². The van der Waals surface area contributed by atoms with Gasteiger partial charge in [0.15, 0.2) is 0 Å². The number of nitrogens with one attached hydrogen (secondary N) is 1. The van der Waals surface area contributed by atoms with Gasteiger partial charge in [-0.25, -0.2) is 12.7 Å². The van der Waals surface area contributed by atoms with Gasteiger partial charge in [-0.15, -0.1) is 0 Å². The van der Waals surface area contributed by atoms with Gasteiger partial charge in [0, 0.05) is 19.1 Å². The summed E-state index contributed by atoms with van der Waals surface area (Å²) in [6.07, 6.45) is 3.95. The topological polar surface area (TPSA) is 49.4 Å². The molecule has 5 heteroatoms. The second kappa shape index (κ2) is 6.57. The molecular formula is C11H24N2O2S. The Bertz CT molecular complexity index is 284. The van der Waals surface area contributed by atoms with Gasteiger partial charge in [-0.05, 0) is 25.8 Å². The van der Waals surface area contributed by atoms with Gasteiger partial charge in [0.25, 0.3) is 0 Å². The van der Waals surface area contributed by atoms with E-state index in [-0.39, 0.29) is 0 Å². The molecule has 1 saturated heterocycles. The molecule has 0 amide bonds. The summed E-state index contributed by atoms with van der Waals surface area (Å²) < 4.78 is 25.6. The van der Waals surface area contributed by atoms with Gasteiger partial charge >= 0.3 is 0 Å². The summed E-state index contributed by atoms with van der Waals surface area (Å²) in [6.45, 7) is 6.19. The van der Waals surface area contributed by atoms with E-state index in [9.17, 15) is 8.42 Å². The fourth-order valence-corrected chi connectivity index (χ4v) is 3.77. The van der Waals surface area contributed by atoms with Crippen LogP contribution in [0.1, 0.15) is 39.5 Å². The van der Waals surface area contributed by atoms with E-state index in [4.69, 9.17) is 0 Å². The molecule has 1 unspecified atom stereocenters. The summed E-state index contributed by atoms with van der Waals surface area (Å²) in [4.78, 5) is 0. The Morgan fingerprint density at radius 2 is 2.12 bits per heavy atom. The van der Waals surface area contributed by atoms with Crippen LogP contribution in [0.15, 0.2) is 0 Å². The van der Waals surface area contributed by atoms with E-state index in [2.05, 4.69) is 5.32 Å². The molecule has 1 atom stereocenters. The van der Waals surface area contributed by atoms with Gasteiger partial charge in [0.2, 0.25) is 10.0 Å². The number of likely N-dealkylation sites (N-methyl/N-ethyl adjacent to an activating group) is 1. The number of sulfonamides is 1. The molecule has 1 aliphatic heterocycles. The van der Waals surface area contributed by atoms with Crippen LogP contribution in [-0.4, -0.2) is 44.2 Å². The van der Waals surface area contributed by atoms with E-state index < -0.39 is 10.0 Å². The third-order valence-corrected chi connectivity index (χ3v) is 5.09. The van der Waals surface area contributed by atoms with Crippen molar-refractivity contribution in [1.82, 2.24) is 9.62 Å².